The number of fused-ring (bicyclic) bond motifs is 1. The van der Waals surface area contributed by atoms with Gasteiger partial charge in [-0.3, -0.25) is 14.2 Å². The zero-order valence-corrected chi connectivity index (χ0v) is 22.8. The molecule has 0 unspecified atom stereocenters. The van der Waals surface area contributed by atoms with Gasteiger partial charge in [0.15, 0.2) is 11.5 Å². The summed E-state index contributed by atoms with van der Waals surface area (Å²) in [6.45, 7) is 7.08. The molecular weight excluding hydrogens is 486 g/mol. The fourth-order valence-electron chi connectivity index (χ4n) is 4.09. The van der Waals surface area contributed by atoms with Crippen molar-refractivity contribution in [2.24, 2.45) is 5.92 Å². The Balaban J connectivity index is 1.85. The molecule has 3 rings (SSSR count). The van der Waals surface area contributed by atoms with Crippen molar-refractivity contribution in [1.29, 1.82) is 0 Å². The van der Waals surface area contributed by atoms with Gasteiger partial charge < -0.3 is 19.8 Å². The van der Waals surface area contributed by atoms with Gasteiger partial charge in [-0.15, -0.1) is 0 Å². The number of hydrogen-bond donors (Lipinski definition) is 2. The van der Waals surface area contributed by atoms with Crippen LogP contribution in [0.15, 0.2) is 29.1 Å². The van der Waals surface area contributed by atoms with Crippen molar-refractivity contribution in [2.75, 3.05) is 19.0 Å². The maximum absolute atomic E-state index is 13.0. The number of rotatable bonds is 15. The molecule has 2 heterocycles. The molecule has 0 saturated heterocycles. The van der Waals surface area contributed by atoms with E-state index in [0.717, 1.165) is 49.7 Å². The van der Waals surface area contributed by atoms with Crippen LogP contribution < -0.4 is 15.7 Å². The van der Waals surface area contributed by atoms with E-state index in [1.54, 1.807) is 0 Å². The standard InChI is InChI=1S/C28H39N5O5/c1-5-6-15-38-27-31-25(29-22(34)14-9-7-8-11-19(2)3)24-26(32-27)33(28(36)30-24)18-21-13-10-12-20(16-21)17-23(35)37-4/h10,12-13,16,19H,5-9,11,14-15,17-18H2,1-4H3,(H,30,36)(H,29,31,32,34). The first-order chi connectivity index (χ1) is 18.3. The van der Waals surface area contributed by atoms with Crippen molar-refractivity contribution in [3.63, 3.8) is 0 Å². The summed E-state index contributed by atoms with van der Waals surface area (Å²) in [6.07, 6.45) is 6.28. The molecule has 0 saturated carbocycles. The molecule has 10 heteroatoms. The van der Waals surface area contributed by atoms with Gasteiger partial charge in [0.1, 0.15) is 5.52 Å². The molecule has 0 aliphatic rings. The number of unbranched alkanes of at least 4 members (excludes halogenated alkanes) is 3. The molecule has 206 valence electrons. The number of methoxy groups -OCH3 is 1. The van der Waals surface area contributed by atoms with Gasteiger partial charge in [-0.1, -0.05) is 70.7 Å². The van der Waals surface area contributed by atoms with E-state index in [1.165, 1.54) is 11.7 Å². The fourth-order valence-corrected chi connectivity index (χ4v) is 4.09. The Morgan fingerprint density at radius 3 is 2.63 bits per heavy atom. The minimum absolute atomic E-state index is 0.102. The van der Waals surface area contributed by atoms with Crippen molar-refractivity contribution in [3.8, 4) is 6.01 Å². The second kappa shape index (κ2) is 14.3. The van der Waals surface area contributed by atoms with Crippen LogP contribution in [0, 0.1) is 5.92 Å². The van der Waals surface area contributed by atoms with Crippen molar-refractivity contribution in [1.82, 2.24) is 19.5 Å². The molecule has 2 N–H and O–H groups in total. The Labute approximate surface area is 223 Å². The lowest BCUT2D eigenvalue weighted by Crippen LogP contribution is -2.18. The van der Waals surface area contributed by atoms with E-state index in [-0.39, 0.29) is 42.4 Å². The summed E-state index contributed by atoms with van der Waals surface area (Å²) in [4.78, 5) is 49.1. The number of benzene rings is 1. The molecule has 0 bridgehead atoms. The van der Waals surface area contributed by atoms with Crippen LogP contribution in [0.4, 0.5) is 5.82 Å². The highest BCUT2D eigenvalue weighted by atomic mass is 16.5. The Morgan fingerprint density at radius 1 is 1.11 bits per heavy atom. The third-order valence-corrected chi connectivity index (χ3v) is 6.18. The first kappa shape index (κ1) is 28.9. The van der Waals surface area contributed by atoms with Crippen LogP contribution in [0.3, 0.4) is 0 Å². The van der Waals surface area contributed by atoms with Gasteiger partial charge in [0.25, 0.3) is 0 Å². The van der Waals surface area contributed by atoms with Gasteiger partial charge in [0.05, 0.1) is 26.7 Å². The van der Waals surface area contributed by atoms with Gasteiger partial charge >= 0.3 is 17.7 Å². The molecule has 2 aromatic heterocycles. The van der Waals surface area contributed by atoms with E-state index in [9.17, 15) is 14.4 Å². The number of hydrogen-bond acceptors (Lipinski definition) is 7. The number of nitrogens with zero attached hydrogens (tertiary/aromatic N) is 3. The number of esters is 1. The molecule has 0 radical (unpaired) electrons. The summed E-state index contributed by atoms with van der Waals surface area (Å²) in [5.74, 6) is 0.371. The predicted octanol–water partition coefficient (Wildman–Crippen LogP) is 4.61. The third kappa shape index (κ3) is 8.43. The van der Waals surface area contributed by atoms with Gasteiger partial charge in [-0.2, -0.15) is 9.97 Å². The number of amides is 1. The van der Waals surface area contributed by atoms with E-state index in [1.807, 2.05) is 24.3 Å². The highest BCUT2D eigenvalue weighted by Crippen LogP contribution is 2.22. The molecule has 0 spiro atoms. The summed E-state index contributed by atoms with van der Waals surface area (Å²) in [5.41, 5.74) is 1.89. The third-order valence-electron chi connectivity index (χ3n) is 6.18. The van der Waals surface area contributed by atoms with Crippen LogP contribution in [0.1, 0.15) is 76.8 Å². The number of carbonyl (C=O) groups excluding carboxylic acids is 2. The minimum atomic E-state index is -0.387. The van der Waals surface area contributed by atoms with Crippen molar-refractivity contribution >= 4 is 28.9 Å². The van der Waals surface area contributed by atoms with Crippen LogP contribution in [0.5, 0.6) is 6.01 Å². The zero-order chi connectivity index (χ0) is 27.5. The van der Waals surface area contributed by atoms with Gasteiger partial charge in [-0.25, -0.2) is 4.79 Å². The van der Waals surface area contributed by atoms with Gasteiger partial charge in [-0.05, 0) is 29.9 Å². The Kier molecular flexibility index (Phi) is 10.9. The summed E-state index contributed by atoms with van der Waals surface area (Å²) in [5, 5.41) is 2.85. The van der Waals surface area contributed by atoms with E-state index in [0.29, 0.717) is 30.1 Å². The number of carbonyl (C=O) groups is 2. The van der Waals surface area contributed by atoms with Gasteiger partial charge in [0, 0.05) is 6.42 Å². The Bertz CT molecular complexity index is 1280. The number of nitrogens with one attached hydrogen (secondary N) is 2. The lowest BCUT2D eigenvalue weighted by molar-refractivity contribution is -0.139. The van der Waals surface area contributed by atoms with Crippen LogP contribution in [-0.4, -0.2) is 45.1 Å². The number of aromatic amines is 1. The molecule has 0 atom stereocenters. The average Bonchev–Trinajstić information content (AvgIpc) is 3.19. The maximum atomic E-state index is 13.0. The average molecular weight is 526 g/mol. The summed E-state index contributed by atoms with van der Waals surface area (Å²) in [6, 6.07) is 7.48. The maximum Gasteiger partial charge on any atom is 0.328 e. The molecule has 0 aliphatic heterocycles. The van der Waals surface area contributed by atoms with E-state index >= 15 is 0 Å². The lowest BCUT2D eigenvalue weighted by Gasteiger charge is -2.10. The molecule has 3 aromatic rings. The van der Waals surface area contributed by atoms with Crippen LogP contribution >= 0.6 is 0 Å². The SMILES string of the molecule is CCCCOc1nc(NC(=O)CCCCCC(C)C)c2[nH]c(=O)n(Cc3cccc(CC(=O)OC)c3)c2n1. The summed E-state index contributed by atoms with van der Waals surface area (Å²) in [7, 11) is 1.35. The minimum Gasteiger partial charge on any atom is -0.469 e. The van der Waals surface area contributed by atoms with E-state index in [2.05, 4.69) is 41.0 Å². The number of aromatic nitrogens is 4. The van der Waals surface area contributed by atoms with Gasteiger partial charge in [0.2, 0.25) is 5.91 Å². The first-order valence-electron chi connectivity index (χ1n) is 13.4. The van der Waals surface area contributed by atoms with Crippen LogP contribution in [0.25, 0.3) is 11.2 Å². The van der Waals surface area contributed by atoms with Crippen LogP contribution in [0.2, 0.25) is 0 Å². The number of ether oxygens (including phenoxy) is 2. The highest BCUT2D eigenvalue weighted by Gasteiger charge is 2.18. The lowest BCUT2D eigenvalue weighted by atomic mass is 10.0. The van der Waals surface area contributed by atoms with Crippen molar-refractivity contribution < 1.29 is 19.1 Å². The number of imidazole rings is 1. The molecule has 1 amide bonds. The highest BCUT2D eigenvalue weighted by molar-refractivity contribution is 5.97. The molecule has 10 nitrogen and oxygen atoms in total. The molecular formula is C28H39N5O5. The number of H-pyrrole nitrogens is 1. The van der Waals surface area contributed by atoms with Crippen LogP contribution in [-0.2, 0) is 27.3 Å². The molecule has 1 aromatic carbocycles. The monoisotopic (exact) mass is 525 g/mol. The first-order valence-corrected chi connectivity index (χ1v) is 13.4. The quantitative estimate of drug-likeness (QED) is 0.219. The molecule has 0 aliphatic carbocycles. The second-order valence-electron chi connectivity index (χ2n) is 9.89. The van der Waals surface area contributed by atoms with Crippen molar-refractivity contribution in [3.05, 3.63) is 45.9 Å². The summed E-state index contributed by atoms with van der Waals surface area (Å²) < 4.78 is 12.0. The topological polar surface area (TPSA) is 128 Å². The molecule has 0 fully saturated rings. The van der Waals surface area contributed by atoms with E-state index in [4.69, 9.17) is 9.47 Å². The predicted molar refractivity (Wildman–Crippen MR) is 146 cm³/mol. The molecule has 38 heavy (non-hydrogen) atoms. The number of anilines is 1. The van der Waals surface area contributed by atoms with Crippen molar-refractivity contribution in [2.45, 2.75) is 78.7 Å². The largest absolute Gasteiger partial charge is 0.469 e. The normalized spacial score (nSPS) is 11.2. The Hall–Kier alpha value is -3.69. The summed E-state index contributed by atoms with van der Waals surface area (Å²) >= 11 is 0. The second-order valence-corrected chi connectivity index (χ2v) is 9.89. The zero-order valence-electron chi connectivity index (χ0n) is 22.8. The smallest absolute Gasteiger partial charge is 0.328 e. The Morgan fingerprint density at radius 2 is 1.89 bits per heavy atom. The fraction of sp³-hybridized carbons (Fsp3) is 0.536. The van der Waals surface area contributed by atoms with E-state index < -0.39 is 0 Å².